The Labute approximate surface area is 112 Å². The van der Waals surface area contributed by atoms with Gasteiger partial charge in [0.05, 0.1) is 15.9 Å². The normalized spacial score (nSPS) is 10.9. The average Bonchev–Trinajstić information content (AvgIpc) is 2.75. The van der Waals surface area contributed by atoms with Crippen LogP contribution in [0.1, 0.15) is 5.56 Å². The summed E-state index contributed by atoms with van der Waals surface area (Å²) in [6, 6.07) is 9.19. The lowest BCUT2D eigenvalue weighted by Crippen LogP contribution is -1.93. The molecule has 0 bridgehead atoms. The largest absolute Gasteiger partial charge is 0.329 e. The lowest BCUT2D eigenvalue weighted by atomic mass is 10.2. The number of benzene rings is 2. The van der Waals surface area contributed by atoms with Crippen LogP contribution in [0.5, 0.6) is 0 Å². The fraction of sp³-hybridized carbons (Fsp3) is 0.0714. The van der Waals surface area contributed by atoms with E-state index >= 15 is 0 Å². The molecule has 0 saturated heterocycles. The zero-order valence-electron chi connectivity index (χ0n) is 10.1. The highest BCUT2D eigenvalue weighted by atomic mass is 32.1. The van der Waals surface area contributed by atoms with Crippen molar-refractivity contribution in [3.05, 3.63) is 53.6 Å². The minimum atomic E-state index is -0.503. The molecule has 96 valence electrons. The molecule has 0 aliphatic rings. The molecule has 3 rings (SSSR count). The fourth-order valence-electron chi connectivity index (χ4n) is 1.79. The summed E-state index contributed by atoms with van der Waals surface area (Å²) >= 11 is 1.41. The Balaban J connectivity index is 1.98. The highest BCUT2D eigenvalue weighted by molar-refractivity contribution is 7.22. The van der Waals surface area contributed by atoms with Crippen LogP contribution in [0.3, 0.4) is 0 Å². The minimum Gasteiger partial charge on any atom is -0.329 e. The molecule has 0 aliphatic carbocycles. The Kier molecular flexibility index (Phi) is 2.91. The van der Waals surface area contributed by atoms with Crippen LogP contribution in [0.15, 0.2) is 36.4 Å². The van der Waals surface area contributed by atoms with Crippen molar-refractivity contribution < 1.29 is 8.78 Å². The number of hydrogen-bond donors (Lipinski definition) is 1. The van der Waals surface area contributed by atoms with E-state index in [1.165, 1.54) is 11.3 Å². The van der Waals surface area contributed by atoms with Gasteiger partial charge in [0.1, 0.15) is 11.6 Å². The Morgan fingerprint density at radius 3 is 2.79 bits per heavy atom. The summed E-state index contributed by atoms with van der Waals surface area (Å²) in [5, 5.41) is 3.36. The van der Waals surface area contributed by atoms with Gasteiger partial charge in [-0.15, -0.1) is 0 Å². The van der Waals surface area contributed by atoms with Crippen molar-refractivity contribution in [2.45, 2.75) is 6.92 Å². The van der Waals surface area contributed by atoms with E-state index < -0.39 is 11.6 Å². The van der Waals surface area contributed by atoms with E-state index in [9.17, 15) is 8.78 Å². The smallest absolute Gasteiger partial charge is 0.188 e. The van der Waals surface area contributed by atoms with Crippen LogP contribution in [-0.2, 0) is 0 Å². The maximum absolute atomic E-state index is 13.5. The van der Waals surface area contributed by atoms with Gasteiger partial charge in [0, 0.05) is 6.07 Å². The molecule has 1 aromatic heterocycles. The van der Waals surface area contributed by atoms with Crippen LogP contribution in [0.2, 0.25) is 0 Å². The van der Waals surface area contributed by atoms with Crippen molar-refractivity contribution in [3.8, 4) is 0 Å². The molecule has 5 heteroatoms. The molecule has 0 unspecified atom stereocenters. The predicted octanol–water partition coefficient (Wildman–Crippen LogP) is 4.63. The second kappa shape index (κ2) is 4.59. The van der Waals surface area contributed by atoms with E-state index in [1.807, 2.05) is 25.1 Å². The molecule has 2 aromatic carbocycles. The van der Waals surface area contributed by atoms with Crippen molar-refractivity contribution in [2.24, 2.45) is 0 Å². The number of nitrogens with zero attached hydrogens (tertiary/aromatic N) is 1. The summed E-state index contributed by atoms with van der Waals surface area (Å²) < 4.78 is 27.6. The average molecular weight is 276 g/mol. The molecular weight excluding hydrogens is 266 g/mol. The standard InChI is InChI=1S/C14H10F2N2S/c1-8-2-5-11-13(6-8)19-14(17-11)18-12-7-9(15)3-4-10(12)16/h2-7H,1H3,(H,17,18). The second-order valence-corrected chi connectivity index (χ2v) is 5.27. The van der Waals surface area contributed by atoms with Crippen molar-refractivity contribution in [3.63, 3.8) is 0 Å². The molecule has 0 saturated carbocycles. The van der Waals surface area contributed by atoms with Gasteiger partial charge < -0.3 is 5.32 Å². The Bertz CT molecular complexity index is 752. The summed E-state index contributed by atoms with van der Waals surface area (Å²) in [7, 11) is 0. The van der Waals surface area contributed by atoms with Gasteiger partial charge in [-0.1, -0.05) is 17.4 Å². The number of thiazole rings is 1. The molecule has 0 aliphatic heterocycles. The van der Waals surface area contributed by atoms with E-state index in [0.717, 1.165) is 34.0 Å². The van der Waals surface area contributed by atoms with Gasteiger partial charge in [-0.25, -0.2) is 13.8 Å². The van der Waals surface area contributed by atoms with Gasteiger partial charge in [0.2, 0.25) is 0 Å². The fourth-order valence-corrected chi connectivity index (χ4v) is 2.77. The summed E-state index contributed by atoms with van der Waals surface area (Å²) in [5.41, 5.74) is 2.07. The van der Waals surface area contributed by atoms with Crippen LogP contribution < -0.4 is 5.32 Å². The number of aryl methyl sites for hydroxylation is 1. The molecule has 0 atom stereocenters. The van der Waals surface area contributed by atoms with Crippen LogP contribution in [0.4, 0.5) is 19.6 Å². The Morgan fingerprint density at radius 2 is 1.95 bits per heavy atom. The van der Waals surface area contributed by atoms with Crippen molar-refractivity contribution in [1.82, 2.24) is 4.98 Å². The van der Waals surface area contributed by atoms with E-state index in [2.05, 4.69) is 10.3 Å². The van der Waals surface area contributed by atoms with Gasteiger partial charge in [0.25, 0.3) is 0 Å². The second-order valence-electron chi connectivity index (χ2n) is 4.24. The summed E-state index contributed by atoms with van der Waals surface area (Å²) in [4.78, 5) is 4.34. The summed E-state index contributed by atoms with van der Waals surface area (Å²) in [5.74, 6) is -0.988. The Morgan fingerprint density at radius 1 is 1.11 bits per heavy atom. The van der Waals surface area contributed by atoms with E-state index in [0.29, 0.717) is 5.13 Å². The third-order valence-corrected chi connectivity index (χ3v) is 3.65. The SMILES string of the molecule is Cc1ccc2nc(Nc3cc(F)ccc3F)sc2c1. The van der Waals surface area contributed by atoms with Gasteiger partial charge in [-0.2, -0.15) is 0 Å². The van der Waals surface area contributed by atoms with Crippen LogP contribution in [-0.4, -0.2) is 4.98 Å². The van der Waals surface area contributed by atoms with Gasteiger partial charge in [-0.3, -0.25) is 0 Å². The van der Waals surface area contributed by atoms with E-state index in [-0.39, 0.29) is 5.69 Å². The topological polar surface area (TPSA) is 24.9 Å². The zero-order valence-corrected chi connectivity index (χ0v) is 10.9. The first-order valence-electron chi connectivity index (χ1n) is 5.71. The monoisotopic (exact) mass is 276 g/mol. The first-order valence-corrected chi connectivity index (χ1v) is 6.53. The number of aromatic nitrogens is 1. The number of halogens is 2. The first kappa shape index (κ1) is 12.0. The van der Waals surface area contributed by atoms with Crippen LogP contribution in [0.25, 0.3) is 10.2 Å². The maximum Gasteiger partial charge on any atom is 0.188 e. The molecule has 19 heavy (non-hydrogen) atoms. The number of rotatable bonds is 2. The summed E-state index contributed by atoms with van der Waals surface area (Å²) in [6.07, 6.45) is 0. The van der Waals surface area contributed by atoms with Gasteiger partial charge >= 0.3 is 0 Å². The van der Waals surface area contributed by atoms with Crippen molar-refractivity contribution >= 4 is 32.4 Å². The molecule has 0 fully saturated rings. The number of fused-ring (bicyclic) bond motifs is 1. The molecule has 0 spiro atoms. The number of hydrogen-bond acceptors (Lipinski definition) is 3. The molecule has 2 nitrogen and oxygen atoms in total. The molecule has 3 aromatic rings. The molecule has 1 heterocycles. The molecule has 1 N–H and O–H groups in total. The summed E-state index contributed by atoms with van der Waals surface area (Å²) in [6.45, 7) is 2.00. The van der Waals surface area contributed by atoms with E-state index in [4.69, 9.17) is 0 Å². The molecule has 0 radical (unpaired) electrons. The number of nitrogens with one attached hydrogen (secondary N) is 1. The zero-order chi connectivity index (χ0) is 13.4. The minimum absolute atomic E-state index is 0.0933. The lowest BCUT2D eigenvalue weighted by molar-refractivity contribution is 0.603. The van der Waals surface area contributed by atoms with Gasteiger partial charge in [0.15, 0.2) is 5.13 Å². The maximum atomic E-state index is 13.5. The third kappa shape index (κ3) is 2.42. The van der Waals surface area contributed by atoms with Crippen LogP contribution in [0, 0.1) is 18.6 Å². The highest BCUT2D eigenvalue weighted by Crippen LogP contribution is 2.29. The van der Waals surface area contributed by atoms with Crippen molar-refractivity contribution in [1.29, 1.82) is 0 Å². The highest BCUT2D eigenvalue weighted by Gasteiger charge is 2.08. The van der Waals surface area contributed by atoms with Crippen LogP contribution >= 0.6 is 11.3 Å². The molecule has 0 amide bonds. The Hall–Kier alpha value is -2.01. The van der Waals surface area contributed by atoms with E-state index in [1.54, 1.807) is 0 Å². The lowest BCUT2D eigenvalue weighted by Gasteiger charge is -2.03. The quantitative estimate of drug-likeness (QED) is 0.738. The predicted molar refractivity (Wildman–Crippen MR) is 74.0 cm³/mol. The van der Waals surface area contributed by atoms with Crippen molar-refractivity contribution in [2.75, 3.05) is 5.32 Å². The van der Waals surface area contributed by atoms with Gasteiger partial charge in [-0.05, 0) is 36.8 Å². The number of anilines is 2. The third-order valence-electron chi connectivity index (χ3n) is 2.71. The first-order chi connectivity index (χ1) is 9.11. The molecular formula is C14H10F2N2S.